The molecule has 0 radical (unpaired) electrons. The van der Waals surface area contributed by atoms with Crippen LogP contribution in [0.1, 0.15) is 17.4 Å². The second kappa shape index (κ2) is 9.85. The Bertz CT molecular complexity index is 1260. The van der Waals surface area contributed by atoms with E-state index < -0.39 is 7.92 Å². The molecule has 0 bridgehead atoms. The summed E-state index contributed by atoms with van der Waals surface area (Å²) in [4.78, 5) is 4.69. The summed E-state index contributed by atoms with van der Waals surface area (Å²) in [6.07, 6.45) is 3.86. The zero-order chi connectivity index (χ0) is 22.5. The molecule has 162 valence electrons. The van der Waals surface area contributed by atoms with E-state index in [4.69, 9.17) is 0 Å². The van der Waals surface area contributed by atoms with Gasteiger partial charge in [-0.25, -0.2) is 4.98 Å². The lowest BCUT2D eigenvalue weighted by Gasteiger charge is -2.26. The molecule has 0 aliphatic carbocycles. The van der Waals surface area contributed by atoms with Crippen molar-refractivity contribution < 1.29 is 0 Å². The van der Waals surface area contributed by atoms with E-state index in [2.05, 4.69) is 130 Å². The number of benzene rings is 4. The van der Waals surface area contributed by atoms with Gasteiger partial charge in [0.25, 0.3) is 0 Å². The van der Waals surface area contributed by atoms with Crippen LogP contribution in [0.25, 0.3) is 0 Å². The highest BCUT2D eigenvalue weighted by molar-refractivity contribution is 7.80. The van der Waals surface area contributed by atoms with Gasteiger partial charge in [0.1, 0.15) is 11.9 Å². The summed E-state index contributed by atoms with van der Waals surface area (Å²) >= 11 is 0. The summed E-state index contributed by atoms with van der Waals surface area (Å²) in [5, 5.41) is 7.83. The lowest BCUT2D eigenvalue weighted by Crippen LogP contribution is -2.25. The van der Waals surface area contributed by atoms with Gasteiger partial charge in [0, 0.05) is 30.4 Å². The standard InChI is InChI=1S/C29H26N3P/c1-32-22-21-30-29(32)28(23-13-5-2-6-14-23)31-26-19-11-12-20-27(26)33(24-15-7-3-8-16-24)25-17-9-4-10-18-25/h2-22,28,31H,1H3. The van der Waals surface area contributed by atoms with E-state index in [0.29, 0.717) is 0 Å². The molecule has 1 atom stereocenters. The third-order valence-electron chi connectivity index (χ3n) is 5.72. The lowest BCUT2D eigenvalue weighted by atomic mass is 10.1. The second-order valence-electron chi connectivity index (χ2n) is 7.91. The van der Waals surface area contributed by atoms with Gasteiger partial charge in [-0.1, -0.05) is 109 Å². The number of hydrogen-bond donors (Lipinski definition) is 1. The van der Waals surface area contributed by atoms with Crippen molar-refractivity contribution in [1.29, 1.82) is 0 Å². The Kier molecular flexibility index (Phi) is 6.32. The fourth-order valence-corrected chi connectivity index (χ4v) is 6.54. The van der Waals surface area contributed by atoms with Crippen molar-refractivity contribution in [1.82, 2.24) is 9.55 Å². The topological polar surface area (TPSA) is 29.9 Å². The summed E-state index contributed by atoms with van der Waals surface area (Å²) in [7, 11) is 1.33. The lowest BCUT2D eigenvalue weighted by molar-refractivity contribution is 0.749. The number of nitrogens with zero attached hydrogens (tertiary/aromatic N) is 2. The summed E-state index contributed by atoms with van der Waals surface area (Å²) < 4.78 is 2.09. The quantitative estimate of drug-likeness (QED) is 0.340. The summed E-state index contributed by atoms with van der Waals surface area (Å²) in [5.74, 6) is 0.986. The molecule has 5 rings (SSSR count). The molecule has 0 saturated heterocycles. The molecule has 1 aromatic heterocycles. The van der Waals surface area contributed by atoms with Gasteiger partial charge < -0.3 is 9.88 Å². The van der Waals surface area contributed by atoms with Gasteiger partial charge in [-0.05, 0) is 30.2 Å². The Morgan fingerprint density at radius 3 is 1.82 bits per heavy atom. The molecule has 1 heterocycles. The van der Waals surface area contributed by atoms with Crippen molar-refractivity contribution in [2.45, 2.75) is 6.04 Å². The maximum Gasteiger partial charge on any atom is 0.135 e. The molecule has 1 N–H and O–H groups in total. The minimum absolute atomic E-state index is 0.0595. The molecule has 33 heavy (non-hydrogen) atoms. The summed E-state index contributed by atoms with van der Waals surface area (Å²) in [5.41, 5.74) is 2.32. The van der Waals surface area contributed by atoms with Gasteiger partial charge in [0.2, 0.25) is 0 Å². The summed E-state index contributed by atoms with van der Waals surface area (Å²) in [6, 6.07) is 40.8. The molecular weight excluding hydrogens is 421 g/mol. The van der Waals surface area contributed by atoms with Crippen LogP contribution in [0, 0.1) is 0 Å². The number of anilines is 1. The van der Waals surface area contributed by atoms with Crippen molar-refractivity contribution in [3.8, 4) is 0 Å². The van der Waals surface area contributed by atoms with E-state index >= 15 is 0 Å². The van der Waals surface area contributed by atoms with Crippen LogP contribution in [0.5, 0.6) is 0 Å². The molecular formula is C29H26N3P. The fourth-order valence-electron chi connectivity index (χ4n) is 4.13. The highest BCUT2D eigenvalue weighted by Gasteiger charge is 2.23. The Morgan fingerprint density at radius 1 is 0.697 bits per heavy atom. The molecule has 1 unspecified atom stereocenters. The predicted octanol–water partition coefficient (Wildman–Crippen LogP) is 5.38. The third-order valence-corrected chi connectivity index (χ3v) is 8.22. The van der Waals surface area contributed by atoms with Gasteiger partial charge in [0.05, 0.1) is 0 Å². The zero-order valence-corrected chi connectivity index (χ0v) is 19.4. The third kappa shape index (κ3) is 4.60. The first kappa shape index (κ1) is 21.2. The van der Waals surface area contributed by atoms with Gasteiger partial charge in [-0.2, -0.15) is 0 Å². The zero-order valence-electron chi connectivity index (χ0n) is 18.5. The van der Waals surface area contributed by atoms with Crippen LogP contribution in [-0.4, -0.2) is 9.55 Å². The van der Waals surface area contributed by atoms with E-state index in [9.17, 15) is 0 Å². The van der Waals surface area contributed by atoms with Crippen LogP contribution in [0.3, 0.4) is 0 Å². The van der Waals surface area contributed by atoms with Gasteiger partial charge in [0.15, 0.2) is 0 Å². The average Bonchev–Trinajstić information content (AvgIpc) is 3.31. The van der Waals surface area contributed by atoms with Crippen LogP contribution < -0.4 is 21.2 Å². The van der Waals surface area contributed by atoms with Crippen LogP contribution in [-0.2, 0) is 7.05 Å². The van der Waals surface area contributed by atoms with E-state index in [1.165, 1.54) is 21.5 Å². The minimum atomic E-state index is -0.721. The largest absolute Gasteiger partial charge is 0.371 e. The Balaban J connectivity index is 1.62. The fraction of sp³-hybridized carbons (Fsp3) is 0.0690. The van der Waals surface area contributed by atoms with Crippen molar-refractivity contribution in [3.05, 3.63) is 139 Å². The Morgan fingerprint density at radius 2 is 1.24 bits per heavy atom. The van der Waals surface area contributed by atoms with E-state index in [1.807, 2.05) is 19.4 Å². The van der Waals surface area contributed by atoms with Crippen LogP contribution in [0.2, 0.25) is 0 Å². The minimum Gasteiger partial charge on any atom is -0.371 e. The number of para-hydroxylation sites is 1. The summed E-state index contributed by atoms with van der Waals surface area (Å²) in [6.45, 7) is 0. The van der Waals surface area contributed by atoms with E-state index in [1.54, 1.807) is 0 Å². The molecule has 3 nitrogen and oxygen atoms in total. The number of aryl methyl sites for hydroxylation is 1. The van der Waals surface area contributed by atoms with Gasteiger partial charge >= 0.3 is 0 Å². The molecule has 0 spiro atoms. The Labute approximate surface area is 196 Å². The molecule has 5 aromatic rings. The molecule has 0 saturated carbocycles. The van der Waals surface area contributed by atoms with Gasteiger partial charge in [-0.3, -0.25) is 0 Å². The van der Waals surface area contributed by atoms with Gasteiger partial charge in [-0.15, -0.1) is 0 Å². The van der Waals surface area contributed by atoms with Crippen molar-refractivity contribution in [2.24, 2.45) is 7.05 Å². The van der Waals surface area contributed by atoms with Crippen LogP contribution in [0.15, 0.2) is 128 Å². The molecule has 4 aromatic carbocycles. The monoisotopic (exact) mass is 447 g/mol. The first-order valence-electron chi connectivity index (χ1n) is 11.1. The van der Waals surface area contributed by atoms with Crippen LogP contribution >= 0.6 is 7.92 Å². The molecule has 0 aliphatic heterocycles. The first-order chi connectivity index (χ1) is 16.3. The number of hydrogen-bond acceptors (Lipinski definition) is 2. The highest BCUT2D eigenvalue weighted by atomic mass is 31.1. The maximum atomic E-state index is 4.69. The normalized spacial score (nSPS) is 11.9. The number of imidazole rings is 1. The molecule has 0 amide bonds. The highest BCUT2D eigenvalue weighted by Crippen LogP contribution is 2.37. The maximum absolute atomic E-state index is 4.69. The van der Waals surface area contributed by atoms with E-state index in [0.717, 1.165) is 11.5 Å². The average molecular weight is 448 g/mol. The van der Waals surface area contributed by atoms with Crippen molar-refractivity contribution >= 4 is 29.5 Å². The number of aromatic nitrogens is 2. The van der Waals surface area contributed by atoms with E-state index in [-0.39, 0.29) is 6.04 Å². The number of nitrogens with one attached hydrogen (secondary N) is 1. The first-order valence-corrected chi connectivity index (χ1v) is 12.4. The predicted molar refractivity (Wildman–Crippen MR) is 140 cm³/mol. The molecule has 0 aliphatic rings. The number of rotatable bonds is 7. The van der Waals surface area contributed by atoms with Crippen molar-refractivity contribution in [2.75, 3.05) is 5.32 Å². The molecule has 0 fully saturated rings. The Hall–Kier alpha value is -3.68. The van der Waals surface area contributed by atoms with Crippen LogP contribution in [0.4, 0.5) is 5.69 Å². The molecule has 4 heteroatoms. The second-order valence-corrected chi connectivity index (χ2v) is 10.1. The smallest absolute Gasteiger partial charge is 0.135 e. The SMILES string of the molecule is Cn1ccnc1C(Nc1ccccc1P(c1ccccc1)c1ccccc1)c1ccccc1. The van der Waals surface area contributed by atoms with Crippen molar-refractivity contribution in [3.63, 3.8) is 0 Å².